The van der Waals surface area contributed by atoms with Gasteiger partial charge in [-0.3, -0.25) is 4.79 Å². The Labute approximate surface area is 131 Å². The predicted molar refractivity (Wildman–Crippen MR) is 85.7 cm³/mol. The second kappa shape index (κ2) is 5.72. The number of hydrogen-bond donors (Lipinski definition) is 1. The van der Waals surface area contributed by atoms with Crippen LogP contribution in [0.25, 0.3) is 22.6 Å². The molecule has 0 atom stereocenters. The van der Waals surface area contributed by atoms with Crippen LogP contribution in [0.4, 0.5) is 0 Å². The SMILES string of the molecule is O=c1cc(-c2ccccc2)nc(-c2cc(Cl)ccc2Cl)[nH]1. The molecule has 2 aromatic carbocycles. The van der Waals surface area contributed by atoms with Crippen molar-refractivity contribution in [2.24, 2.45) is 0 Å². The molecule has 0 spiro atoms. The van der Waals surface area contributed by atoms with Crippen molar-refractivity contribution in [2.45, 2.75) is 0 Å². The highest BCUT2D eigenvalue weighted by molar-refractivity contribution is 6.35. The molecule has 0 aliphatic rings. The van der Waals surface area contributed by atoms with Crippen molar-refractivity contribution in [1.82, 2.24) is 9.97 Å². The lowest BCUT2D eigenvalue weighted by Crippen LogP contribution is -2.08. The molecule has 0 saturated heterocycles. The average Bonchev–Trinajstić information content (AvgIpc) is 2.50. The summed E-state index contributed by atoms with van der Waals surface area (Å²) < 4.78 is 0. The fourth-order valence-electron chi connectivity index (χ4n) is 2.02. The lowest BCUT2D eigenvalue weighted by Gasteiger charge is -2.07. The molecule has 1 N–H and O–H groups in total. The first-order valence-corrected chi connectivity index (χ1v) is 7.01. The molecule has 3 nitrogen and oxygen atoms in total. The molecule has 0 unspecified atom stereocenters. The third-order valence-electron chi connectivity index (χ3n) is 2.99. The smallest absolute Gasteiger partial charge is 0.251 e. The van der Waals surface area contributed by atoms with Crippen LogP contribution >= 0.6 is 23.2 Å². The van der Waals surface area contributed by atoms with Crippen LogP contribution in [-0.4, -0.2) is 9.97 Å². The van der Waals surface area contributed by atoms with E-state index >= 15 is 0 Å². The summed E-state index contributed by atoms with van der Waals surface area (Å²) in [5.74, 6) is 0.397. The lowest BCUT2D eigenvalue weighted by atomic mass is 10.1. The molecule has 0 aliphatic carbocycles. The molecule has 1 heterocycles. The van der Waals surface area contributed by atoms with E-state index in [0.717, 1.165) is 5.56 Å². The van der Waals surface area contributed by atoms with Gasteiger partial charge in [0.2, 0.25) is 0 Å². The van der Waals surface area contributed by atoms with Crippen molar-refractivity contribution in [1.29, 1.82) is 0 Å². The second-order valence-corrected chi connectivity index (χ2v) is 5.31. The van der Waals surface area contributed by atoms with E-state index in [0.29, 0.717) is 27.1 Å². The van der Waals surface area contributed by atoms with Gasteiger partial charge < -0.3 is 4.98 Å². The first kappa shape index (κ1) is 13.9. The van der Waals surface area contributed by atoms with E-state index in [1.54, 1.807) is 18.2 Å². The zero-order valence-corrected chi connectivity index (χ0v) is 12.3. The van der Waals surface area contributed by atoms with Gasteiger partial charge in [0.1, 0.15) is 5.82 Å². The van der Waals surface area contributed by atoms with E-state index in [2.05, 4.69) is 9.97 Å². The average molecular weight is 317 g/mol. The molecular formula is C16H10Cl2N2O. The molecule has 0 aliphatic heterocycles. The van der Waals surface area contributed by atoms with E-state index in [1.165, 1.54) is 6.07 Å². The normalized spacial score (nSPS) is 10.6. The highest BCUT2D eigenvalue weighted by atomic mass is 35.5. The number of aromatic nitrogens is 2. The quantitative estimate of drug-likeness (QED) is 0.761. The van der Waals surface area contributed by atoms with Crippen LogP contribution in [-0.2, 0) is 0 Å². The number of aromatic amines is 1. The number of hydrogen-bond acceptors (Lipinski definition) is 2. The molecule has 0 amide bonds. The molecule has 0 bridgehead atoms. The maximum absolute atomic E-state index is 11.9. The molecule has 0 fully saturated rings. The number of halogens is 2. The Morgan fingerprint density at radius 3 is 2.48 bits per heavy atom. The third kappa shape index (κ3) is 2.99. The van der Waals surface area contributed by atoms with Gasteiger partial charge in [0.05, 0.1) is 10.7 Å². The zero-order valence-electron chi connectivity index (χ0n) is 10.8. The Hall–Kier alpha value is -2.10. The number of benzene rings is 2. The molecule has 21 heavy (non-hydrogen) atoms. The number of H-pyrrole nitrogens is 1. The van der Waals surface area contributed by atoms with Crippen molar-refractivity contribution in [2.75, 3.05) is 0 Å². The number of rotatable bonds is 2. The van der Waals surface area contributed by atoms with E-state index < -0.39 is 0 Å². The summed E-state index contributed by atoms with van der Waals surface area (Å²) in [6, 6.07) is 16.0. The summed E-state index contributed by atoms with van der Waals surface area (Å²) in [6.07, 6.45) is 0. The van der Waals surface area contributed by atoms with Gasteiger partial charge in [0.25, 0.3) is 5.56 Å². The Balaban J connectivity index is 2.19. The summed E-state index contributed by atoms with van der Waals surface area (Å²) in [5, 5.41) is 1.01. The van der Waals surface area contributed by atoms with Gasteiger partial charge in [-0.2, -0.15) is 0 Å². The number of nitrogens with one attached hydrogen (secondary N) is 1. The van der Waals surface area contributed by atoms with Gasteiger partial charge in [0, 0.05) is 22.2 Å². The van der Waals surface area contributed by atoms with Crippen molar-refractivity contribution >= 4 is 23.2 Å². The van der Waals surface area contributed by atoms with Gasteiger partial charge in [0.15, 0.2) is 0 Å². The molecular weight excluding hydrogens is 307 g/mol. The van der Waals surface area contributed by atoms with Crippen LogP contribution in [0.15, 0.2) is 59.4 Å². The van der Waals surface area contributed by atoms with Crippen molar-refractivity contribution in [3.8, 4) is 22.6 Å². The van der Waals surface area contributed by atoms with Crippen LogP contribution in [0.1, 0.15) is 0 Å². The van der Waals surface area contributed by atoms with Crippen LogP contribution in [0.2, 0.25) is 10.0 Å². The van der Waals surface area contributed by atoms with Crippen LogP contribution in [0.3, 0.4) is 0 Å². The minimum Gasteiger partial charge on any atom is -0.306 e. The first-order valence-electron chi connectivity index (χ1n) is 6.26. The van der Waals surface area contributed by atoms with Gasteiger partial charge in [-0.15, -0.1) is 0 Å². The van der Waals surface area contributed by atoms with Crippen molar-refractivity contribution in [3.05, 3.63) is 75.0 Å². The molecule has 5 heteroatoms. The molecule has 1 aromatic heterocycles. The second-order valence-electron chi connectivity index (χ2n) is 4.47. The Morgan fingerprint density at radius 1 is 0.952 bits per heavy atom. The summed E-state index contributed by atoms with van der Waals surface area (Å²) in [7, 11) is 0. The van der Waals surface area contributed by atoms with Crippen LogP contribution in [0, 0.1) is 0 Å². The molecule has 3 aromatic rings. The molecule has 3 rings (SSSR count). The number of nitrogens with zero attached hydrogens (tertiary/aromatic N) is 1. The predicted octanol–water partition coefficient (Wildman–Crippen LogP) is 4.41. The van der Waals surface area contributed by atoms with E-state index in [-0.39, 0.29) is 5.56 Å². The van der Waals surface area contributed by atoms with Gasteiger partial charge in [-0.25, -0.2) is 4.98 Å². The highest BCUT2D eigenvalue weighted by Gasteiger charge is 2.09. The van der Waals surface area contributed by atoms with Crippen molar-refractivity contribution in [3.63, 3.8) is 0 Å². The first-order chi connectivity index (χ1) is 10.1. The summed E-state index contributed by atoms with van der Waals surface area (Å²) in [6.45, 7) is 0. The topological polar surface area (TPSA) is 45.8 Å². The van der Waals surface area contributed by atoms with Gasteiger partial charge in [-0.1, -0.05) is 53.5 Å². The minimum absolute atomic E-state index is 0.241. The van der Waals surface area contributed by atoms with E-state index in [9.17, 15) is 4.79 Å². The van der Waals surface area contributed by atoms with E-state index in [1.807, 2.05) is 30.3 Å². The molecule has 0 radical (unpaired) electrons. The fraction of sp³-hybridized carbons (Fsp3) is 0. The molecule has 0 saturated carbocycles. The Morgan fingerprint density at radius 2 is 1.71 bits per heavy atom. The minimum atomic E-state index is -0.241. The van der Waals surface area contributed by atoms with Crippen LogP contribution < -0.4 is 5.56 Å². The summed E-state index contributed by atoms with van der Waals surface area (Å²) >= 11 is 12.1. The van der Waals surface area contributed by atoms with Gasteiger partial charge in [-0.05, 0) is 18.2 Å². The third-order valence-corrected chi connectivity index (χ3v) is 3.56. The monoisotopic (exact) mass is 316 g/mol. The van der Waals surface area contributed by atoms with Crippen LogP contribution in [0.5, 0.6) is 0 Å². The fourth-order valence-corrected chi connectivity index (χ4v) is 2.40. The standard InChI is InChI=1S/C16H10Cl2N2O/c17-11-6-7-13(18)12(8-11)16-19-14(9-15(21)20-16)10-4-2-1-3-5-10/h1-9H,(H,19,20,21). The summed E-state index contributed by atoms with van der Waals surface area (Å²) in [5.41, 5.74) is 1.81. The molecule has 104 valence electrons. The van der Waals surface area contributed by atoms with E-state index in [4.69, 9.17) is 23.2 Å². The summed E-state index contributed by atoms with van der Waals surface area (Å²) in [4.78, 5) is 19.1. The Bertz CT molecular complexity index is 844. The lowest BCUT2D eigenvalue weighted by molar-refractivity contribution is 1.13. The van der Waals surface area contributed by atoms with Gasteiger partial charge >= 0.3 is 0 Å². The zero-order chi connectivity index (χ0) is 14.8. The maximum atomic E-state index is 11.9. The Kier molecular flexibility index (Phi) is 3.78. The largest absolute Gasteiger partial charge is 0.306 e. The van der Waals surface area contributed by atoms with Crippen molar-refractivity contribution < 1.29 is 0 Å². The maximum Gasteiger partial charge on any atom is 0.251 e. The highest BCUT2D eigenvalue weighted by Crippen LogP contribution is 2.28.